The maximum absolute atomic E-state index is 12.1. The summed E-state index contributed by atoms with van der Waals surface area (Å²) in [6, 6.07) is 6.93. The molecule has 2 aromatic rings. The van der Waals surface area contributed by atoms with Crippen molar-refractivity contribution in [3.63, 3.8) is 0 Å². The van der Waals surface area contributed by atoms with E-state index in [-0.39, 0.29) is 12.7 Å². The first-order valence-corrected chi connectivity index (χ1v) is 7.46. The first-order chi connectivity index (χ1) is 11.5. The van der Waals surface area contributed by atoms with E-state index >= 15 is 0 Å². The number of fused-ring (bicyclic) bond motifs is 1. The molecule has 0 saturated heterocycles. The van der Waals surface area contributed by atoms with Crippen LogP contribution in [-0.4, -0.2) is 24.8 Å². The van der Waals surface area contributed by atoms with Crippen LogP contribution in [0.25, 0.3) is 0 Å². The number of esters is 1. The second-order valence-corrected chi connectivity index (χ2v) is 5.34. The molecule has 0 saturated carbocycles. The molecule has 0 aliphatic carbocycles. The topological polar surface area (TPSA) is 87.0 Å². The molecule has 1 aromatic heterocycles. The summed E-state index contributed by atoms with van der Waals surface area (Å²) in [7, 11) is 0. The van der Waals surface area contributed by atoms with Crippen LogP contribution in [0.15, 0.2) is 34.9 Å². The van der Waals surface area contributed by atoms with Gasteiger partial charge in [-0.25, -0.2) is 4.79 Å². The number of benzene rings is 1. The van der Waals surface area contributed by atoms with Crippen LogP contribution in [0.4, 0.5) is 0 Å². The van der Waals surface area contributed by atoms with Crippen LogP contribution in [0.1, 0.15) is 28.6 Å². The number of carbonyl (C=O) groups excluding carboxylic acids is 2. The van der Waals surface area contributed by atoms with Gasteiger partial charge in [-0.1, -0.05) is 6.07 Å². The molecule has 7 nitrogen and oxygen atoms in total. The molecule has 1 aliphatic rings. The second-order valence-electron chi connectivity index (χ2n) is 5.34. The molecular formula is C17H17NO6. The van der Waals surface area contributed by atoms with E-state index in [1.54, 1.807) is 19.1 Å². The molecule has 0 bridgehead atoms. The molecule has 0 spiro atoms. The van der Waals surface area contributed by atoms with Crippen molar-refractivity contribution in [2.24, 2.45) is 0 Å². The Kier molecular flexibility index (Phi) is 4.41. The Balaban J connectivity index is 1.53. The van der Waals surface area contributed by atoms with E-state index in [1.165, 1.54) is 19.3 Å². The smallest absolute Gasteiger partial charge is 0.342 e. The van der Waals surface area contributed by atoms with E-state index in [0.29, 0.717) is 29.4 Å². The van der Waals surface area contributed by atoms with E-state index in [4.69, 9.17) is 18.6 Å². The molecule has 0 radical (unpaired) electrons. The zero-order chi connectivity index (χ0) is 17.1. The molecule has 1 N–H and O–H groups in total. The SMILES string of the molecule is Cc1occc1C(=O)OC(C)C(=O)NCc1ccc2c(c1)OCO2. The van der Waals surface area contributed by atoms with Crippen LogP contribution < -0.4 is 14.8 Å². The molecule has 126 valence electrons. The van der Waals surface area contributed by atoms with Gasteiger partial charge in [-0.2, -0.15) is 0 Å². The lowest BCUT2D eigenvalue weighted by Crippen LogP contribution is -2.35. The first kappa shape index (κ1) is 15.9. The number of ether oxygens (including phenoxy) is 3. The average molecular weight is 331 g/mol. The summed E-state index contributed by atoms with van der Waals surface area (Å²) in [5.74, 6) is 0.807. The van der Waals surface area contributed by atoms with Crippen molar-refractivity contribution in [2.75, 3.05) is 6.79 Å². The number of nitrogens with one attached hydrogen (secondary N) is 1. The normalized spacial score (nSPS) is 13.4. The van der Waals surface area contributed by atoms with Gasteiger partial charge in [0.25, 0.3) is 5.91 Å². The molecule has 0 fully saturated rings. The third kappa shape index (κ3) is 3.34. The molecule has 7 heteroatoms. The van der Waals surface area contributed by atoms with Gasteiger partial charge < -0.3 is 23.9 Å². The van der Waals surface area contributed by atoms with Crippen molar-refractivity contribution in [1.29, 1.82) is 0 Å². The molecule has 1 amide bonds. The molecule has 24 heavy (non-hydrogen) atoms. The van der Waals surface area contributed by atoms with Crippen molar-refractivity contribution in [3.8, 4) is 11.5 Å². The Bertz CT molecular complexity index is 766. The van der Waals surface area contributed by atoms with Gasteiger partial charge in [-0.3, -0.25) is 4.79 Å². The molecule has 1 unspecified atom stereocenters. The minimum Gasteiger partial charge on any atom is -0.469 e. The zero-order valence-corrected chi connectivity index (χ0v) is 13.3. The molecule has 3 rings (SSSR count). The van der Waals surface area contributed by atoms with Gasteiger partial charge in [0.15, 0.2) is 17.6 Å². The maximum Gasteiger partial charge on any atom is 0.342 e. The zero-order valence-electron chi connectivity index (χ0n) is 13.3. The highest BCUT2D eigenvalue weighted by Crippen LogP contribution is 2.32. The van der Waals surface area contributed by atoms with Crippen molar-refractivity contribution in [1.82, 2.24) is 5.32 Å². The Morgan fingerprint density at radius 1 is 1.25 bits per heavy atom. The number of amides is 1. The summed E-state index contributed by atoms with van der Waals surface area (Å²) in [5.41, 5.74) is 1.17. The predicted molar refractivity (Wildman–Crippen MR) is 82.7 cm³/mol. The standard InChI is InChI=1S/C17H17NO6/c1-10-13(5-6-21-10)17(20)24-11(2)16(19)18-8-12-3-4-14-15(7-12)23-9-22-14/h3-7,11H,8-9H2,1-2H3,(H,18,19). The number of furan rings is 1. The lowest BCUT2D eigenvalue weighted by molar-refractivity contribution is -0.129. The van der Waals surface area contributed by atoms with Crippen LogP contribution >= 0.6 is 0 Å². The Morgan fingerprint density at radius 2 is 2.04 bits per heavy atom. The summed E-state index contributed by atoms with van der Waals surface area (Å²) in [4.78, 5) is 24.0. The van der Waals surface area contributed by atoms with E-state index in [9.17, 15) is 9.59 Å². The Morgan fingerprint density at radius 3 is 2.79 bits per heavy atom. The fraction of sp³-hybridized carbons (Fsp3) is 0.294. The van der Waals surface area contributed by atoms with Gasteiger partial charge in [0.1, 0.15) is 11.3 Å². The summed E-state index contributed by atoms with van der Waals surface area (Å²) in [6.07, 6.45) is 0.483. The highest BCUT2D eigenvalue weighted by atomic mass is 16.7. The Labute approximate surface area is 138 Å². The van der Waals surface area contributed by atoms with E-state index in [1.807, 2.05) is 6.07 Å². The second kappa shape index (κ2) is 6.66. The summed E-state index contributed by atoms with van der Waals surface area (Å²) < 4.78 is 20.7. The monoisotopic (exact) mass is 331 g/mol. The number of hydrogen-bond acceptors (Lipinski definition) is 6. The molecule has 1 aliphatic heterocycles. The minimum atomic E-state index is -0.916. The van der Waals surface area contributed by atoms with Crippen molar-refractivity contribution in [3.05, 3.63) is 47.4 Å². The third-order valence-electron chi connectivity index (χ3n) is 3.64. The number of carbonyl (C=O) groups is 2. The van der Waals surface area contributed by atoms with E-state index in [2.05, 4.69) is 5.32 Å². The molecule has 1 aromatic carbocycles. The summed E-state index contributed by atoms with van der Waals surface area (Å²) >= 11 is 0. The van der Waals surface area contributed by atoms with Crippen LogP contribution in [0.2, 0.25) is 0 Å². The van der Waals surface area contributed by atoms with Crippen LogP contribution in [0, 0.1) is 6.92 Å². The van der Waals surface area contributed by atoms with Crippen molar-refractivity contribution >= 4 is 11.9 Å². The van der Waals surface area contributed by atoms with Gasteiger partial charge in [0.2, 0.25) is 6.79 Å². The van der Waals surface area contributed by atoms with Gasteiger partial charge in [0, 0.05) is 6.54 Å². The number of rotatable bonds is 5. The highest BCUT2D eigenvalue weighted by molar-refractivity contribution is 5.92. The minimum absolute atomic E-state index is 0.200. The third-order valence-corrected chi connectivity index (χ3v) is 3.64. The van der Waals surface area contributed by atoms with Gasteiger partial charge in [-0.15, -0.1) is 0 Å². The quantitative estimate of drug-likeness (QED) is 0.845. The van der Waals surface area contributed by atoms with Crippen molar-refractivity contribution in [2.45, 2.75) is 26.5 Å². The lowest BCUT2D eigenvalue weighted by Gasteiger charge is -2.13. The average Bonchev–Trinajstić information content (AvgIpc) is 3.20. The molecule has 1 atom stereocenters. The van der Waals surface area contributed by atoms with Crippen LogP contribution in [0.5, 0.6) is 11.5 Å². The molecule has 2 heterocycles. The van der Waals surface area contributed by atoms with Gasteiger partial charge in [-0.05, 0) is 37.6 Å². The van der Waals surface area contributed by atoms with Crippen LogP contribution in [-0.2, 0) is 16.1 Å². The lowest BCUT2D eigenvalue weighted by atomic mass is 10.2. The maximum atomic E-state index is 12.1. The van der Waals surface area contributed by atoms with Gasteiger partial charge >= 0.3 is 5.97 Å². The predicted octanol–water partition coefficient (Wildman–Crippen LogP) is 2.18. The first-order valence-electron chi connectivity index (χ1n) is 7.46. The number of aryl methyl sites for hydroxylation is 1. The van der Waals surface area contributed by atoms with E-state index in [0.717, 1.165) is 5.56 Å². The fourth-order valence-corrected chi connectivity index (χ4v) is 2.26. The largest absolute Gasteiger partial charge is 0.469 e. The highest BCUT2D eigenvalue weighted by Gasteiger charge is 2.21. The number of hydrogen-bond donors (Lipinski definition) is 1. The van der Waals surface area contributed by atoms with Crippen molar-refractivity contribution < 1.29 is 28.2 Å². The molecular weight excluding hydrogens is 314 g/mol. The van der Waals surface area contributed by atoms with E-state index < -0.39 is 12.1 Å². The van der Waals surface area contributed by atoms with Gasteiger partial charge in [0.05, 0.1) is 6.26 Å². The fourth-order valence-electron chi connectivity index (χ4n) is 2.26. The summed E-state index contributed by atoms with van der Waals surface area (Å²) in [5, 5.41) is 2.72. The Hall–Kier alpha value is -2.96. The van der Waals surface area contributed by atoms with Crippen LogP contribution in [0.3, 0.4) is 0 Å². The summed E-state index contributed by atoms with van der Waals surface area (Å²) in [6.45, 7) is 3.66.